The van der Waals surface area contributed by atoms with Gasteiger partial charge in [-0.15, -0.1) is 0 Å². The van der Waals surface area contributed by atoms with E-state index in [1.807, 2.05) is 4.90 Å². The van der Waals surface area contributed by atoms with Gasteiger partial charge >= 0.3 is 6.18 Å². The van der Waals surface area contributed by atoms with E-state index in [9.17, 15) is 26.4 Å². The normalized spacial score (nSPS) is 15.5. The molecule has 0 atom stereocenters. The average molecular weight is 494 g/mol. The van der Waals surface area contributed by atoms with Crippen LogP contribution in [0.1, 0.15) is 21.8 Å². The maximum Gasteiger partial charge on any atom is 0.416 e. The number of hydrogen-bond acceptors (Lipinski definition) is 7. The van der Waals surface area contributed by atoms with Gasteiger partial charge in [-0.2, -0.15) is 18.2 Å². The van der Waals surface area contributed by atoms with Crippen molar-refractivity contribution in [2.75, 3.05) is 32.4 Å². The highest BCUT2D eigenvalue weighted by atomic mass is 32.2. The van der Waals surface area contributed by atoms with Gasteiger partial charge in [0.2, 0.25) is 11.7 Å². The number of rotatable bonds is 5. The van der Waals surface area contributed by atoms with Crippen LogP contribution in [0.5, 0.6) is 0 Å². The fourth-order valence-electron chi connectivity index (χ4n) is 3.71. The number of aromatic nitrogens is 2. The molecule has 2 aromatic carbocycles. The minimum Gasteiger partial charge on any atom is -0.338 e. The van der Waals surface area contributed by atoms with E-state index in [4.69, 9.17) is 4.52 Å². The van der Waals surface area contributed by atoms with E-state index in [0.29, 0.717) is 26.2 Å². The Balaban J connectivity index is 1.39. The third-order valence-corrected chi connectivity index (χ3v) is 6.61. The van der Waals surface area contributed by atoms with Gasteiger partial charge < -0.3 is 9.42 Å². The highest BCUT2D eigenvalue weighted by molar-refractivity contribution is 7.90. The number of alkyl halides is 3. The van der Waals surface area contributed by atoms with E-state index in [1.54, 1.807) is 17.0 Å². The lowest BCUT2D eigenvalue weighted by molar-refractivity contribution is -0.137. The highest BCUT2D eigenvalue weighted by Crippen LogP contribution is 2.31. The Morgan fingerprint density at radius 1 is 1.06 bits per heavy atom. The summed E-state index contributed by atoms with van der Waals surface area (Å²) in [5.74, 6) is -0.0489. The standard InChI is InChI=1S/C22H21F3N4O4S/c1-34(31,32)18-8-3-2-7-17(18)21(30)29-11-9-28(10-12-29)14-19-26-20(27-33-19)15-5-4-6-16(13-15)22(23,24)25/h2-8,13H,9-12,14H2,1H3. The van der Waals surface area contributed by atoms with Crippen LogP contribution in [0.2, 0.25) is 0 Å². The minimum absolute atomic E-state index is 0.00425. The Morgan fingerprint density at radius 2 is 1.76 bits per heavy atom. The molecule has 8 nitrogen and oxygen atoms in total. The van der Waals surface area contributed by atoms with Crippen molar-refractivity contribution in [1.82, 2.24) is 19.9 Å². The van der Waals surface area contributed by atoms with Crippen LogP contribution in [-0.4, -0.2) is 66.7 Å². The molecule has 0 saturated carbocycles. The van der Waals surface area contributed by atoms with Gasteiger partial charge in [-0.3, -0.25) is 9.69 Å². The number of benzene rings is 2. The van der Waals surface area contributed by atoms with Crippen LogP contribution >= 0.6 is 0 Å². The van der Waals surface area contributed by atoms with Gasteiger partial charge in [0.1, 0.15) is 0 Å². The number of carbonyl (C=O) groups is 1. The summed E-state index contributed by atoms with van der Waals surface area (Å²) in [5.41, 5.74) is -0.458. The lowest BCUT2D eigenvalue weighted by atomic mass is 10.1. The van der Waals surface area contributed by atoms with Crippen molar-refractivity contribution >= 4 is 15.7 Å². The van der Waals surface area contributed by atoms with Gasteiger partial charge in [-0.25, -0.2) is 8.42 Å². The molecule has 1 aliphatic rings. The second-order valence-corrected chi connectivity index (χ2v) is 9.91. The minimum atomic E-state index is -4.47. The highest BCUT2D eigenvalue weighted by Gasteiger charge is 2.31. The number of halogens is 3. The van der Waals surface area contributed by atoms with Crippen molar-refractivity contribution in [2.24, 2.45) is 0 Å². The maximum absolute atomic E-state index is 12.9. The first kappa shape index (κ1) is 23.9. The molecule has 0 unspecified atom stereocenters. The summed E-state index contributed by atoms with van der Waals surface area (Å²) in [6.07, 6.45) is -3.41. The van der Waals surface area contributed by atoms with Gasteiger partial charge in [0.15, 0.2) is 9.84 Å². The number of hydrogen-bond donors (Lipinski definition) is 0. The fourth-order valence-corrected chi connectivity index (χ4v) is 4.59. The molecule has 2 heterocycles. The van der Waals surface area contributed by atoms with Crippen molar-refractivity contribution in [2.45, 2.75) is 17.6 Å². The molecule has 12 heteroatoms. The van der Waals surface area contributed by atoms with Crippen LogP contribution in [0.15, 0.2) is 57.9 Å². The van der Waals surface area contributed by atoms with Crippen LogP contribution < -0.4 is 0 Å². The van der Waals surface area contributed by atoms with E-state index >= 15 is 0 Å². The van der Waals surface area contributed by atoms with E-state index in [0.717, 1.165) is 18.4 Å². The number of amides is 1. The molecule has 4 rings (SSSR count). The Morgan fingerprint density at radius 3 is 2.44 bits per heavy atom. The maximum atomic E-state index is 12.9. The molecule has 0 radical (unpaired) electrons. The molecule has 1 aromatic heterocycles. The molecule has 1 aliphatic heterocycles. The Hall–Kier alpha value is -3.25. The van der Waals surface area contributed by atoms with Gasteiger partial charge in [0.25, 0.3) is 5.91 Å². The summed E-state index contributed by atoms with van der Waals surface area (Å²) in [4.78, 5) is 20.7. The Labute approximate surface area is 193 Å². The van der Waals surface area contributed by atoms with Crippen LogP contribution in [0.3, 0.4) is 0 Å². The van der Waals surface area contributed by atoms with Gasteiger partial charge in [0.05, 0.1) is 22.6 Å². The summed E-state index contributed by atoms with van der Waals surface area (Å²) >= 11 is 0. The van der Waals surface area contributed by atoms with E-state index < -0.39 is 21.6 Å². The number of piperazine rings is 1. The topological polar surface area (TPSA) is 96.6 Å². The van der Waals surface area contributed by atoms with Crippen LogP contribution in [0, 0.1) is 0 Å². The van der Waals surface area contributed by atoms with Gasteiger partial charge in [-0.1, -0.05) is 29.4 Å². The lowest BCUT2D eigenvalue weighted by Gasteiger charge is -2.34. The first-order valence-corrected chi connectivity index (χ1v) is 12.2. The van der Waals surface area contributed by atoms with E-state index in [2.05, 4.69) is 10.1 Å². The molecular formula is C22H21F3N4O4S. The third kappa shape index (κ3) is 5.28. The molecule has 0 N–H and O–H groups in total. The molecule has 34 heavy (non-hydrogen) atoms. The molecular weight excluding hydrogens is 473 g/mol. The predicted octanol–water partition coefficient (Wildman–Crippen LogP) is 3.12. The number of carbonyl (C=O) groups excluding carboxylic acids is 1. The quantitative estimate of drug-likeness (QED) is 0.538. The third-order valence-electron chi connectivity index (χ3n) is 5.45. The summed E-state index contributed by atoms with van der Waals surface area (Å²) in [6.45, 7) is 1.97. The Kier molecular flexibility index (Phi) is 6.45. The summed E-state index contributed by atoms with van der Waals surface area (Å²) in [7, 11) is -3.55. The first-order chi connectivity index (χ1) is 16.0. The number of nitrogens with zero attached hydrogens (tertiary/aromatic N) is 4. The molecule has 0 aliphatic carbocycles. The monoisotopic (exact) mass is 494 g/mol. The average Bonchev–Trinajstić information content (AvgIpc) is 3.27. The largest absolute Gasteiger partial charge is 0.416 e. The van der Waals surface area contributed by atoms with Crippen molar-refractivity contribution in [1.29, 1.82) is 0 Å². The van der Waals surface area contributed by atoms with Crippen molar-refractivity contribution < 1.29 is 30.9 Å². The van der Waals surface area contributed by atoms with Crippen molar-refractivity contribution in [3.05, 3.63) is 65.5 Å². The molecule has 1 amide bonds. The predicted molar refractivity (Wildman–Crippen MR) is 115 cm³/mol. The molecule has 180 valence electrons. The van der Waals surface area contributed by atoms with E-state index in [1.165, 1.54) is 24.3 Å². The zero-order chi connectivity index (χ0) is 24.5. The Bertz CT molecular complexity index is 1300. The SMILES string of the molecule is CS(=O)(=O)c1ccccc1C(=O)N1CCN(Cc2nc(-c3cccc(C(F)(F)F)c3)no2)CC1. The smallest absolute Gasteiger partial charge is 0.338 e. The zero-order valence-corrected chi connectivity index (χ0v) is 18.9. The second kappa shape index (κ2) is 9.18. The molecule has 1 fully saturated rings. The van der Waals surface area contributed by atoms with E-state index in [-0.39, 0.29) is 40.2 Å². The van der Waals surface area contributed by atoms with Gasteiger partial charge in [0, 0.05) is 38.0 Å². The van der Waals surface area contributed by atoms with Gasteiger partial charge in [-0.05, 0) is 24.3 Å². The molecule has 0 bridgehead atoms. The van der Waals surface area contributed by atoms with Crippen molar-refractivity contribution in [3.8, 4) is 11.4 Å². The molecule has 3 aromatic rings. The zero-order valence-electron chi connectivity index (χ0n) is 18.1. The molecule has 1 saturated heterocycles. The summed E-state index contributed by atoms with van der Waals surface area (Å²) < 4.78 is 68.1. The first-order valence-electron chi connectivity index (χ1n) is 10.3. The fraction of sp³-hybridized carbons (Fsp3) is 0.318. The lowest BCUT2D eigenvalue weighted by Crippen LogP contribution is -2.48. The van der Waals surface area contributed by atoms with Crippen LogP contribution in [-0.2, 0) is 22.6 Å². The number of sulfone groups is 1. The van der Waals surface area contributed by atoms with Crippen LogP contribution in [0.25, 0.3) is 11.4 Å². The van der Waals surface area contributed by atoms with Crippen molar-refractivity contribution in [3.63, 3.8) is 0 Å². The summed E-state index contributed by atoms with van der Waals surface area (Å²) in [5, 5.41) is 3.79. The molecule has 0 spiro atoms. The summed E-state index contributed by atoms with van der Waals surface area (Å²) in [6, 6.07) is 10.8. The van der Waals surface area contributed by atoms with Crippen LogP contribution in [0.4, 0.5) is 13.2 Å². The second-order valence-electron chi connectivity index (χ2n) is 7.93.